The standard InChI is InChI=1S/C11H14N2O5S/c1-18-10(15)6-9(14)8-7-13-4-2-3-5-19(16,17)11(13)12-8/h7H,2-6H2,1H3. The highest BCUT2D eigenvalue weighted by atomic mass is 32.2. The van der Waals surface area contributed by atoms with Gasteiger partial charge in [0.2, 0.25) is 15.0 Å². The molecule has 0 radical (unpaired) electrons. The van der Waals surface area contributed by atoms with Crippen LogP contribution in [0.5, 0.6) is 0 Å². The molecule has 0 fully saturated rings. The number of aromatic nitrogens is 2. The topological polar surface area (TPSA) is 95.3 Å². The third-order valence-corrected chi connectivity index (χ3v) is 4.61. The van der Waals surface area contributed by atoms with E-state index in [2.05, 4.69) is 9.72 Å². The number of methoxy groups -OCH3 is 1. The van der Waals surface area contributed by atoms with Crippen LogP contribution in [0.1, 0.15) is 29.8 Å². The number of nitrogens with zero attached hydrogens (tertiary/aromatic N) is 2. The number of rotatable bonds is 3. The van der Waals surface area contributed by atoms with Crippen LogP contribution in [0, 0.1) is 0 Å². The molecular weight excluding hydrogens is 272 g/mol. The van der Waals surface area contributed by atoms with Gasteiger partial charge in [0, 0.05) is 12.7 Å². The summed E-state index contributed by atoms with van der Waals surface area (Å²) in [5, 5.41) is -0.0850. The van der Waals surface area contributed by atoms with Crippen molar-refractivity contribution in [3.8, 4) is 0 Å². The molecule has 2 heterocycles. The molecule has 19 heavy (non-hydrogen) atoms. The number of ether oxygens (including phenoxy) is 1. The molecule has 0 atom stereocenters. The van der Waals surface area contributed by atoms with Gasteiger partial charge in [0.05, 0.1) is 12.9 Å². The first-order chi connectivity index (χ1) is 8.94. The molecular formula is C11H14N2O5S. The van der Waals surface area contributed by atoms with Gasteiger partial charge >= 0.3 is 5.97 Å². The molecule has 1 aromatic heterocycles. The molecule has 0 spiro atoms. The van der Waals surface area contributed by atoms with Crippen molar-refractivity contribution in [3.63, 3.8) is 0 Å². The van der Waals surface area contributed by atoms with Gasteiger partial charge < -0.3 is 9.30 Å². The van der Waals surface area contributed by atoms with E-state index in [1.807, 2.05) is 0 Å². The van der Waals surface area contributed by atoms with Crippen molar-refractivity contribution >= 4 is 21.6 Å². The van der Waals surface area contributed by atoms with Gasteiger partial charge in [-0.2, -0.15) is 0 Å². The van der Waals surface area contributed by atoms with Gasteiger partial charge in [0.1, 0.15) is 12.1 Å². The quantitative estimate of drug-likeness (QED) is 0.447. The van der Waals surface area contributed by atoms with Crippen molar-refractivity contribution in [1.82, 2.24) is 9.55 Å². The van der Waals surface area contributed by atoms with E-state index in [0.717, 1.165) is 0 Å². The summed E-state index contributed by atoms with van der Waals surface area (Å²) in [5.41, 5.74) is -0.00845. The Hall–Kier alpha value is -1.70. The van der Waals surface area contributed by atoms with Crippen LogP contribution in [0.2, 0.25) is 0 Å². The molecule has 0 aliphatic carbocycles. The lowest BCUT2D eigenvalue weighted by Gasteiger charge is -1.99. The molecule has 0 amide bonds. The van der Waals surface area contributed by atoms with Crippen molar-refractivity contribution in [2.75, 3.05) is 12.9 Å². The Kier molecular flexibility index (Phi) is 3.70. The third-order valence-electron chi connectivity index (χ3n) is 2.90. The minimum Gasteiger partial charge on any atom is -0.469 e. The van der Waals surface area contributed by atoms with E-state index >= 15 is 0 Å². The summed E-state index contributed by atoms with van der Waals surface area (Å²) in [6, 6.07) is 0. The van der Waals surface area contributed by atoms with E-state index in [4.69, 9.17) is 0 Å². The Morgan fingerprint density at radius 2 is 2.16 bits per heavy atom. The van der Waals surface area contributed by atoms with Crippen molar-refractivity contribution in [2.24, 2.45) is 0 Å². The molecule has 0 bridgehead atoms. The number of ketones is 1. The molecule has 2 rings (SSSR count). The zero-order chi connectivity index (χ0) is 14.0. The van der Waals surface area contributed by atoms with E-state index < -0.39 is 28.0 Å². The van der Waals surface area contributed by atoms with Gasteiger partial charge in [-0.1, -0.05) is 0 Å². The fourth-order valence-electron chi connectivity index (χ4n) is 1.90. The first-order valence-electron chi connectivity index (χ1n) is 5.84. The normalized spacial score (nSPS) is 17.3. The predicted molar refractivity (Wildman–Crippen MR) is 64.5 cm³/mol. The summed E-state index contributed by atoms with van der Waals surface area (Å²) in [6.45, 7) is 0.507. The summed E-state index contributed by atoms with van der Waals surface area (Å²) < 4.78 is 29.7. The van der Waals surface area contributed by atoms with Crippen molar-refractivity contribution in [1.29, 1.82) is 0 Å². The highest BCUT2D eigenvalue weighted by Gasteiger charge is 2.27. The van der Waals surface area contributed by atoms with Crippen LogP contribution in [-0.2, 0) is 25.9 Å². The molecule has 7 nitrogen and oxygen atoms in total. The molecule has 0 aromatic carbocycles. The molecule has 0 saturated carbocycles. The SMILES string of the molecule is COC(=O)CC(=O)c1cn2c(n1)S(=O)(=O)CCCC2. The maximum Gasteiger partial charge on any atom is 0.313 e. The lowest BCUT2D eigenvalue weighted by Crippen LogP contribution is -2.11. The summed E-state index contributed by atoms with van der Waals surface area (Å²) in [5.74, 6) is -1.17. The molecule has 8 heteroatoms. The summed E-state index contributed by atoms with van der Waals surface area (Å²) in [4.78, 5) is 26.7. The second-order valence-corrected chi connectivity index (χ2v) is 6.31. The van der Waals surface area contributed by atoms with Crippen molar-refractivity contribution in [2.45, 2.75) is 31.0 Å². The first-order valence-corrected chi connectivity index (χ1v) is 7.49. The number of esters is 1. The van der Waals surface area contributed by atoms with Crippen LogP contribution in [0.3, 0.4) is 0 Å². The largest absolute Gasteiger partial charge is 0.469 e. The van der Waals surface area contributed by atoms with Gasteiger partial charge in [0.25, 0.3) is 0 Å². The number of imidazole rings is 1. The number of hydrogen-bond acceptors (Lipinski definition) is 6. The van der Waals surface area contributed by atoms with Gasteiger partial charge in [-0.3, -0.25) is 9.59 Å². The van der Waals surface area contributed by atoms with Crippen LogP contribution in [0.15, 0.2) is 11.4 Å². The van der Waals surface area contributed by atoms with Crippen molar-refractivity contribution in [3.05, 3.63) is 11.9 Å². The number of carbonyl (C=O) groups excluding carboxylic acids is 2. The number of hydrogen-bond donors (Lipinski definition) is 0. The summed E-state index contributed by atoms with van der Waals surface area (Å²) in [6.07, 6.45) is 2.25. The average molecular weight is 286 g/mol. The first kappa shape index (κ1) is 13.7. The highest BCUT2D eigenvalue weighted by Crippen LogP contribution is 2.19. The zero-order valence-corrected chi connectivity index (χ0v) is 11.3. The van der Waals surface area contributed by atoms with Crippen LogP contribution in [0.25, 0.3) is 0 Å². The number of Topliss-reactive ketones (excluding diaryl/α,β-unsaturated/α-hetero) is 1. The van der Waals surface area contributed by atoms with Crippen molar-refractivity contribution < 1.29 is 22.7 Å². The highest BCUT2D eigenvalue weighted by molar-refractivity contribution is 7.91. The van der Waals surface area contributed by atoms with E-state index in [1.165, 1.54) is 17.9 Å². The van der Waals surface area contributed by atoms with Gasteiger partial charge in [-0.15, -0.1) is 0 Å². The molecule has 1 aromatic rings. The molecule has 0 unspecified atom stereocenters. The van der Waals surface area contributed by atoms with Crippen LogP contribution >= 0.6 is 0 Å². The number of fused-ring (bicyclic) bond motifs is 1. The maximum absolute atomic E-state index is 11.9. The van der Waals surface area contributed by atoms with Crippen LogP contribution in [0.4, 0.5) is 0 Å². The summed E-state index contributed by atoms with van der Waals surface area (Å²) >= 11 is 0. The van der Waals surface area contributed by atoms with E-state index in [-0.39, 0.29) is 16.6 Å². The molecule has 1 aliphatic heterocycles. The Morgan fingerprint density at radius 1 is 1.42 bits per heavy atom. The van der Waals surface area contributed by atoms with E-state index in [1.54, 1.807) is 0 Å². The van der Waals surface area contributed by atoms with Crippen LogP contribution in [-0.4, -0.2) is 42.6 Å². The van der Waals surface area contributed by atoms with Gasteiger partial charge in [-0.05, 0) is 12.8 Å². The number of carbonyl (C=O) groups is 2. The Balaban J connectivity index is 2.32. The lowest BCUT2D eigenvalue weighted by molar-refractivity contribution is -0.139. The molecule has 0 N–H and O–H groups in total. The van der Waals surface area contributed by atoms with Gasteiger partial charge in [-0.25, -0.2) is 13.4 Å². The maximum atomic E-state index is 11.9. The fraction of sp³-hybridized carbons (Fsp3) is 0.545. The van der Waals surface area contributed by atoms with E-state index in [0.29, 0.717) is 19.4 Å². The number of sulfone groups is 1. The fourth-order valence-corrected chi connectivity index (χ4v) is 3.41. The zero-order valence-electron chi connectivity index (χ0n) is 10.5. The molecule has 0 saturated heterocycles. The van der Waals surface area contributed by atoms with Gasteiger partial charge in [0.15, 0.2) is 5.78 Å². The second kappa shape index (κ2) is 5.12. The minimum atomic E-state index is -3.44. The Labute approximate surface area is 110 Å². The predicted octanol–water partition coefficient (Wildman–Crippen LogP) is 0.196. The smallest absolute Gasteiger partial charge is 0.313 e. The lowest BCUT2D eigenvalue weighted by atomic mass is 10.2. The molecule has 104 valence electrons. The Morgan fingerprint density at radius 3 is 2.84 bits per heavy atom. The second-order valence-electron chi connectivity index (χ2n) is 4.30. The Bertz CT molecular complexity index is 617. The summed E-state index contributed by atoms with van der Waals surface area (Å²) in [7, 11) is -2.26. The monoisotopic (exact) mass is 286 g/mol. The number of aryl methyl sites for hydroxylation is 1. The van der Waals surface area contributed by atoms with E-state index in [9.17, 15) is 18.0 Å². The average Bonchev–Trinajstić information content (AvgIpc) is 2.74. The molecule has 1 aliphatic rings. The third kappa shape index (κ3) is 2.83. The minimum absolute atomic E-state index is 0.00845. The van der Waals surface area contributed by atoms with Crippen LogP contribution < -0.4 is 0 Å².